The molecule has 0 saturated heterocycles. The molecule has 2 heterocycles. The van der Waals surface area contributed by atoms with E-state index in [-0.39, 0.29) is 17.6 Å². The van der Waals surface area contributed by atoms with Crippen LogP contribution in [0.2, 0.25) is 0 Å². The molecule has 0 aliphatic carbocycles. The third kappa shape index (κ3) is 3.71. The Morgan fingerprint density at radius 2 is 2.23 bits per heavy atom. The SMILES string of the molecule is COC(=O)c1cc(CNC(=O)c2cc(CCN)on2)c(C)s1. The molecular weight excluding hydrogens is 306 g/mol. The van der Waals surface area contributed by atoms with Gasteiger partial charge in [-0.3, -0.25) is 4.79 Å². The van der Waals surface area contributed by atoms with Gasteiger partial charge in [0, 0.05) is 23.9 Å². The van der Waals surface area contributed by atoms with Crippen LogP contribution < -0.4 is 11.1 Å². The zero-order valence-electron chi connectivity index (χ0n) is 12.3. The van der Waals surface area contributed by atoms with Gasteiger partial charge in [-0.25, -0.2) is 4.79 Å². The maximum absolute atomic E-state index is 12.0. The highest BCUT2D eigenvalue weighted by molar-refractivity contribution is 7.14. The van der Waals surface area contributed by atoms with E-state index in [1.807, 2.05) is 6.92 Å². The van der Waals surface area contributed by atoms with Crippen molar-refractivity contribution >= 4 is 23.2 Å². The quantitative estimate of drug-likeness (QED) is 0.775. The average molecular weight is 323 g/mol. The number of thiophene rings is 1. The summed E-state index contributed by atoms with van der Waals surface area (Å²) in [6.07, 6.45) is 0.534. The Morgan fingerprint density at radius 1 is 1.45 bits per heavy atom. The molecule has 2 aromatic heterocycles. The molecule has 2 aromatic rings. The normalized spacial score (nSPS) is 10.5. The third-order valence-electron chi connectivity index (χ3n) is 3.03. The molecule has 0 radical (unpaired) electrons. The number of amides is 1. The van der Waals surface area contributed by atoms with Crippen molar-refractivity contribution in [2.24, 2.45) is 5.73 Å². The Balaban J connectivity index is 1.98. The van der Waals surface area contributed by atoms with Gasteiger partial charge in [-0.1, -0.05) is 5.16 Å². The summed E-state index contributed by atoms with van der Waals surface area (Å²) in [4.78, 5) is 24.9. The second-order valence-corrected chi connectivity index (χ2v) is 5.84. The van der Waals surface area contributed by atoms with Gasteiger partial charge in [-0.15, -0.1) is 11.3 Å². The minimum atomic E-state index is -0.381. The van der Waals surface area contributed by atoms with Gasteiger partial charge in [0.05, 0.1) is 7.11 Å². The van der Waals surface area contributed by atoms with Gasteiger partial charge in [0.2, 0.25) is 0 Å². The van der Waals surface area contributed by atoms with Gasteiger partial charge in [0.15, 0.2) is 5.69 Å². The van der Waals surface area contributed by atoms with Gasteiger partial charge < -0.3 is 20.3 Å². The Bertz CT molecular complexity index is 677. The van der Waals surface area contributed by atoms with E-state index in [0.29, 0.717) is 30.1 Å². The fourth-order valence-corrected chi connectivity index (χ4v) is 2.80. The Kier molecular flexibility index (Phi) is 5.29. The van der Waals surface area contributed by atoms with Crippen molar-refractivity contribution in [3.05, 3.63) is 38.9 Å². The van der Waals surface area contributed by atoms with Crippen molar-refractivity contribution in [2.45, 2.75) is 19.9 Å². The van der Waals surface area contributed by atoms with Crippen molar-refractivity contribution in [3.8, 4) is 0 Å². The molecule has 22 heavy (non-hydrogen) atoms. The zero-order chi connectivity index (χ0) is 16.1. The van der Waals surface area contributed by atoms with E-state index in [1.54, 1.807) is 12.1 Å². The van der Waals surface area contributed by atoms with Crippen molar-refractivity contribution in [1.29, 1.82) is 0 Å². The fraction of sp³-hybridized carbons (Fsp3) is 0.357. The second kappa shape index (κ2) is 7.19. The molecular formula is C14H17N3O4S. The highest BCUT2D eigenvalue weighted by atomic mass is 32.1. The van der Waals surface area contributed by atoms with Gasteiger partial charge in [-0.05, 0) is 25.1 Å². The first-order valence-electron chi connectivity index (χ1n) is 6.66. The first-order chi connectivity index (χ1) is 10.5. The second-order valence-electron chi connectivity index (χ2n) is 4.58. The third-order valence-corrected chi connectivity index (χ3v) is 4.10. The Hall–Kier alpha value is -2.19. The minimum absolute atomic E-state index is 0.213. The van der Waals surface area contributed by atoms with Crippen LogP contribution in [-0.2, 0) is 17.7 Å². The first-order valence-corrected chi connectivity index (χ1v) is 7.48. The maximum Gasteiger partial charge on any atom is 0.348 e. The van der Waals surface area contributed by atoms with Gasteiger partial charge in [0.1, 0.15) is 10.6 Å². The molecule has 7 nitrogen and oxygen atoms in total. The number of carbonyl (C=O) groups is 2. The van der Waals surface area contributed by atoms with Gasteiger partial charge in [-0.2, -0.15) is 0 Å². The number of hydrogen-bond acceptors (Lipinski definition) is 7. The van der Waals surface area contributed by atoms with E-state index < -0.39 is 0 Å². The van der Waals surface area contributed by atoms with Crippen LogP contribution >= 0.6 is 11.3 Å². The number of aryl methyl sites for hydroxylation is 1. The molecule has 0 spiro atoms. The summed E-state index contributed by atoms with van der Waals surface area (Å²) >= 11 is 1.33. The number of ether oxygens (including phenoxy) is 1. The van der Waals surface area contributed by atoms with Crippen LogP contribution in [0.3, 0.4) is 0 Å². The van der Waals surface area contributed by atoms with Gasteiger partial charge in [0.25, 0.3) is 5.91 Å². The molecule has 0 saturated carbocycles. The number of nitrogens with zero attached hydrogens (tertiary/aromatic N) is 1. The first kappa shape index (κ1) is 16.2. The van der Waals surface area contributed by atoms with E-state index in [9.17, 15) is 9.59 Å². The minimum Gasteiger partial charge on any atom is -0.465 e. The smallest absolute Gasteiger partial charge is 0.348 e. The molecule has 0 atom stereocenters. The lowest BCUT2D eigenvalue weighted by Crippen LogP contribution is -2.23. The maximum atomic E-state index is 12.0. The standard InChI is InChI=1S/C14H17N3O4S/c1-8-9(5-12(22-8)14(19)20-2)7-16-13(18)11-6-10(3-4-15)21-17-11/h5-6H,3-4,7,15H2,1-2H3,(H,16,18). The number of aromatic nitrogens is 1. The number of esters is 1. The summed E-state index contributed by atoms with van der Waals surface area (Å²) in [5.41, 5.74) is 6.49. The molecule has 0 fully saturated rings. The molecule has 118 valence electrons. The molecule has 8 heteroatoms. The monoisotopic (exact) mass is 323 g/mol. The van der Waals surface area contributed by atoms with Crippen molar-refractivity contribution < 1.29 is 18.8 Å². The summed E-state index contributed by atoms with van der Waals surface area (Å²) in [6, 6.07) is 3.29. The number of hydrogen-bond donors (Lipinski definition) is 2. The number of rotatable bonds is 6. The molecule has 0 aromatic carbocycles. The van der Waals surface area contributed by atoms with E-state index in [2.05, 4.69) is 15.2 Å². The number of methoxy groups -OCH3 is 1. The van der Waals surface area contributed by atoms with Crippen LogP contribution in [0.4, 0.5) is 0 Å². The van der Waals surface area contributed by atoms with E-state index in [0.717, 1.165) is 10.4 Å². The topological polar surface area (TPSA) is 107 Å². The zero-order valence-corrected chi connectivity index (χ0v) is 13.2. The molecule has 0 aliphatic rings. The number of nitrogens with one attached hydrogen (secondary N) is 1. The lowest BCUT2D eigenvalue weighted by Gasteiger charge is -2.01. The lowest BCUT2D eigenvalue weighted by molar-refractivity contribution is 0.0606. The Labute approximate surface area is 131 Å². The number of nitrogens with two attached hydrogens (primary N) is 1. The van der Waals surface area contributed by atoms with Crippen molar-refractivity contribution in [2.75, 3.05) is 13.7 Å². The fourth-order valence-electron chi connectivity index (χ4n) is 1.84. The van der Waals surface area contributed by atoms with Crippen LogP contribution in [-0.4, -0.2) is 30.7 Å². The predicted octanol–water partition coefficient (Wildman–Crippen LogP) is 1.26. The van der Waals surface area contributed by atoms with Gasteiger partial charge >= 0.3 is 5.97 Å². The number of carbonyl (C=O) groups excluding carboxylic acids is 2. The summed E-state index contributed by atoms with van der Waals surface area (Å²) in [6.45, 7) is 2.62. The lowest BCUT2D eigenvalue weighted by atomic mass is 10.2. The largest absolute Gasteiger partial charge is 0.465 e. The summed E-state index contributed by atoms with van der Waals surface area (Å²) in [5, 5.41) is 6.45. The summed E-state index contributed by atoms with van der Waals surface area (Å²) in [5.74, 6) is -0.141. The average Bonchev–Trinajstić information content (AvgIpc) is 3.11. The summed E-state index contributed by atoms with van der Waals surface area (Å²) < 4.78 is 9.68. The molecule has 0 unspecified atom stereocenters. The molecule has 2 rings (SSSR count). The van der Waals surface area contributed by atoms with E-state index in [4.69, 9.17) is 10.3 Å². The van der Waals surface area contributed by atoms with Crippen LogP contribution in [0.15, 0.2) is 16.7 Å². The molecule has 0 aliphatic heterocycles. The van der Waals surface area contributed by atoms with Crippen molar-refractivity contribution in [3.63, 3.8) is 0 Å². The van der Waals surface area contributed by atoms with Crippen LogP contribution in [0.25, 0.3) is 0 Å². The highest BCUT2D eigenvalue weighted by Crippen LogP contribution is 2.22. The van der Waals surface area contributed by atoms with Crippen LogP contribution in [0, 0.1) is 6.92 Å². The molecule has 0 bridgehead atoms. The van der Waals surface area contributed by atoms with Crippen LogP contribution in [0.1, 0.15) is 36.4 Å². The van der Waals surface area contributed by atoms with E-state index >= 15 is 0 Å². The highest BCUT2D eigenvalue weighted by Gasteiger charge is 2.15. The Morgan fingerprint density at radius 3 is 2.91 bits per heavy atom. The summed E-state index contributed by atoms with van der Waals surface area (Å²) in [7, 11) is 1.34. The van der Waals surface area contributed by atoms with Crippen LogP contribution in [0.5, 0.6) is 0 Å². The predicted molar refractivity (Wildman–Crippen MR) is 80.8 cm³/mol. The van der Waals surface area contributed by atoms with Crippen molar-refractivity contribution in [1.82, 2.24) is 10.5 Å². The molecule has 1 amide bonds. The van der Waals surface area contributed by atoms with E-state index in [1.165, 1.54) is 18.4 Å². The molecule has 3 N–H and O–H groups in total.